The minimum absolute atomic E-state index is 0.0452. The highest BCUT2D eigenvalue weighted by Crippen LogP contribution is 2.43. The Kier molecular flexibility index (Phi) is 68.1. The molecule has 9 nitrogen and oxygen atoms in total. The van der Waals surface area contributed by atoms with E-state index in [1.54, 1.807) is 0 Å². The largest absolute Gasteiger partial charge is 0.472 e. The summed E-state index contributed by atoms with van der Waals surface area (Å²) >= 11 is 0. The molecule has 0 spiro atoms. The van der Waals surface area contributed by atoms with Crippen molar-refractivity contribution in [3.63, 3.8) is 0 Å². The lowest BCUT2D eigenvalue weighted by atomic mass is 10.0. The van der Waals surface area contributed by atoms with Gasteiger partial charge in [-0.2, -0.15) is 0 Å². The summed E-state index contributed by atoms with van der Waals surface area (Å²) in [6.07, 6.45) is 86.4. The maximum absolute atomic E-state index is 13.7. The number of quaternary nitrogens is 1. The van der Waals surface area contributed by atoms with Crippen LogP contribution in [0.3, 0.4) is 0 Å². The molecule has 0 aliphatic carbocycles. The fourth-order valence-corrected chi connectivity index (χ4v) is 13.0. The van der Waals surface area contributed by atoms with Crippen LogP contribution in [-0.4, -0.2) is 74.3 Å². The highest BCUT2D eigenvalue weighted by molar-refractivity contribution is 7.47. The number of rotatable bonds is 74. The molecule has 10 heteroatoms. The SMILES string of the molecule is CCCCCCCC/C=C/CCCCCCCCCCCCCCCCCCCC(=O)NC(COP(=O)(O)OCC[N+](C)(C)C)C(/C=C/CCCCCCCCCCCCC)OC(=O)CCCCCCCCCCCCCCCCCCCCCCCCC. The van der Waals surface area contributed by atoms with E-state index in [1.165, 1.54) is 327 Å². The summed E-state index contributed by atoms with van der Waals surface area (Å²) < 4.78 is 30.9. The highest BCUT2D eigenvalue weighted by Gasteiger charge is 2.30. The first kappa shape index (κ1) is 87.5. The van der Waals surface area contributed by atoms with Gasteiger partial charge < -0.3 is 19.4 Å². The van der Waals surface area contributed by atoms with E-state index >= 15 is 0 Å². The van der Waals surface area contributed by atoms with Crippen molar-refractivity contribution < 1.29 is 37.3 Å². The van der Waals surface area contributed by atoms with Crippen molar-refractivity contribution in [1.82, 2.24) is 5.32 Å². The van der Waals surface area contributed by atoms with E-state index in [4.69, 9.17) is 13.8 Å². The zero-order valence-electron chi connectivity index (χ0n) is 60.7. The molecule has 0 bridgehead atoms. The second-order valence-corrected chi connectivity index (χ2v) is 30.1. The van der Waals surface area contributed by atoms with Crippen LogP contribution in [0.15, 0.2) is 24.3 Å². The summed E-state index contributed by atoms with van der Waals surface area (Å²) in [5.41, 5.74) is 0. The minimum Gasteiger partial charge on any atom is -0.456 e. The standard InChI is InChI=1S/C79H155N2O7P/c1-7-10-13-16-19-22-25-28-30-32-34-36-38-39-40-41-43-44-46-48-50-53-56-59-62-65-68-71-78(82)80-76(75-87-89(84,85)86-74-73-81(4,5)6)77(70-67-64-61-58-55-52-27-24-21-18-15-12-9-3)88-79(83)72-69-66-63-60-57-54-51-49-47-45-42-37-35-33-31-29-26-23-20-17-14-11-8-2/h28,30,67,70,76-77H,7-27,29,31-66,68-69,71-75H2,1-6H3,(H-,80,82,84,85)/p+1/b30-28+,70-67+. The van der Waals surface area contributed by atoms with Gasteiger partial charge in [-0.25, -0.2) is 4.57 Å². The number of phosphoric acid groups is 1. The summed E-state index contributed by atoms with van der Waals surface area (Å²) in [5.74, 6) is -0.475. The summed E-state index contributed by atoms with van der Waals surface area (Å²) in [6, 6.07) is -0.844. The van der Waals surface area contributed by atoms with Crippen LogP contribution >= 0.6 is 7.82 Å². The lowest BCUT2D eigenvalue weighted by Gasteiger charge is -2.27. The van der Waals surface area contributed by atoms with Gasteiger partial charge >= 0.3 is 13.8 Å². The summed E-state index contributed by atoms with van der Waals surface area (Å²) in [7, 11) is 1.52. The average Bonchev–Trinajstić information content (AvgIpc) is 3.65. The molecule has 3 atom stereocenters. The molecule has 0 rings (SSSR count). The van der Waals surface area contributed by atoms with E-state index in [-0.39, 0.29) is 25.1 Å². The summed E-state index contributed by atoms with van der Waals surface area (Å²) in [5, 5.41) is 3.09. The number of amides is 1. The molecule has 3 unspecified atom stereocenters. The zero-order chi connectivity index (χ0) is 64.9. The van der Waals surface area contributed by atoms with Gasteiger partial charge in [-0.3, -0.25) is 18.6 Å². The van der Waals surface area contributed by atoms with E-state index in [9.17, 15) is 19.0 Å². The number of likely N-dealkylation sites (N-methyl/N-ethyl adjacent to an activating group) is 1. The normalized spacial score (nSPS) is 13.5. The van der Waals surface area contributed by atoms with E-state index in [1.807, 2.05) is 27.2 Å². The van der Waals surface area contributed by atoms with E-state index in [0.717, 1.165) is 57.8 Å². The number of nitrogens with zero attached hydrogens (tertiary/aromatic N) is 1. The van der Waals surface area contributed by atoms with Gasteiger partial charge in [-0.05, 0) is 57.4 Å². The molecule has 1 amide bonds. The minimum atomic E-state index is -4.45. The third kappa shape index (κ3) is 70.6. The fourth-order valence-electron chi connectivity index (χ4n) is 12.3. The molecule has 0 aromatic heterocycles. The Labute approximate surface area is 555 Å². The number of carbonyl (C=O) groups excluding carboxylic acids is 2. The first-order valence-corrected chi connectivity index (χ1v) is 41.2. The molecule has 0 heterocycles. The maximum atomic E-state index is 13.7. The van der Waals surface area contributed by atoms with Gasteiger partial charge in [0.15, 0.2) is 0 Å². The number of allylic oxidation sites excluding steroid dienone is 3. The molecule has 2 N–H and O–H groups in total. The number of unbranched alkanes of at least 4 members (excludes halogenated alkanes) is 56. The molecule has 0 fully saturated rings. The van der Waals surface area contributed by atoms with Crippen LogP contribution in [0.4, 0.5) is 0 Å². The highest BCUT2D eigenvalue weighted by atomic mass is 31.2. The van der Waals surface area contributed by atoms with Crippen LogP contribution < -0.4 is 5.32 Å². The van der Waals surface area contributed by atoms with Gasteiger partial charge in [-0.15, -0.1) is 0 Å². The molecular weight excluding hydrogens is 1120 g/mol. The fraction of sp³-hybridized carbons (Fsp3) is 0.924. The molecule has 89 heavy (non-hydrogen) atoms. The Morgan fingerprint density at radius 1 is 0.382 bits per heavy atom. The first-order chi connectivity index (χ1) is 43.4. The van der Waals surface area contributed by atoms with Gasteiger partial charge in [0.05, 0.1) is 33.8 Å². The maximum Gasteiger partial charge on any atom is 0.472 e. The Bertz CT molecular complexity index is 1570. The third-order valence-corrected chi connectivity index (χ3v) is 19.4. The second kappa shape index (κ2) is 69.3. The number of phosphoric ester groups is 1. The number of ether oxygens (including phenoxy) is 1. The number of hydrogen-bond donors (Lipinski definition) is 2. The van der Waals surface area contributed by atoms with E-state index < -0.39 is 20.0 Å². The third-order valence-electron chi connectivity index (χ3n) is 18.4. The lowest BCUT2D eigenvalue weighted by Crippen LogP contribution is -2.47. The predicted molar refractivity (Wildman–Crippen MR) is 388 cm³/mol. The Morgan fingerprint density at radius 2 is 0.652 bits per heavy atom. The van der Waals surface area contributed by atoms with Crippen molar-refractivity contribution in [3.8, 4) is 0 Å². The molecule has 0 saturated heterocycles. The van der Waals surface area contributed by atoms with Crippen molar-refractivity contribution in [2.75, 3.05) is 40.9 Å². The van der Waals surface area contributed by atoms with Crippen molar-refractivity contribution in [1.29, 1.82) is 0 Å². The van der Waals surface area contributed by atoms with Gasteiger partial charge in [0.2, 0.25) is 5.91 Å². The van der Waals surface area contributed by atoms with Gasteiger partial charge in [0, 0.05) is 12.8 Å². The van der Waals surface area contributed by atoms with Crippen molar-refractivity contribution in [3.05, 3.63) is 24.3 Å². The summed E-state index contributed by atoms with van der Waals surface area (Å²) in [6.45, 7) is 7.10. The van der Waals surface area contributed by atoms with Crippen LogP contribution in [-0.2, 0) is 27.9 Å². The quantitative estimate of drug-likeness (QED) is 0.0205. The van der Waals surface area contributed by atoms with Crippen molar-refractivity contribution in [2.45, 2.75) is 431 Å². The molecule has 528 valence electrons. The molecule has 0 saturated carbocycles. The molecule has 0 aliphatic heterocycles. The molecule has 0 aromatic rings. The van der Waals surface area contributed by atoms with Crippen molar-refractivity contribution in [2.24, 2.45) is 0 Å². The number of hydrogen-bond acceptors (Lipinski definition) is 6. The van der Waals surface area contributed by atoms with Crippen molar-refractivity contribution >= 4 is 19.7 Å². The van der Waals surface area contributed by atoms with Crippen LogP contribution in [0.1, 0.15) is 419 Å². The topological polar surface area (TPSA) is 111 Å². The first-order valence-electron chi connectivity index (χ1n) is 39.7. The molecule has 0 aliphatic rings. The van der Waals surface area contributed by atoms with E-state index in [0.29, 0.717) is 23.9 Å². The summed E-state index contributed by atoms with van der Waals surface area (Å²) in [4.78, 5) is 38.0. The van der Waals surface area contributed by atoms with Gasteiger partial charge in [0.25, 0.3) is 0 Å². The van der Waals surface area contributed by atoms with Gasteiger partial charge in [0.1, 0.15) is 19.3 Å². The lowest BCUT2D eigenvalue weighted by molar-refractivity contribution is -0.870. The van der Waals surface area contributed by atoms with Crippen LogP contribution in [0, 0.1) is 0 Å². The average molecular weight is 1280 g/mol. The van der Waals surface area contributed by atoms with Crippen LogP contribution in [0.2, 0.25) is 0 Å². The van der Waals surface area contributed by atoms with E-state index in [2.05, 4.69) is 44.3 Å². The van der Waals surface area contributed by atoms with Crippen LogP contribution in [0.25, 0.3) is 0 Å². The Balaban J connectivity index is 4.93. The Hall–Kier alpha value is -1.51. The van der Waals surface area contributed by atoms with Crippen LogP contribution in [0.5, 0.6) is 0 Å². The smallest absolute Gasteiger partial charge is 0.456 e. The number of nitrogens with one attached hydrogen (secondary N) is 1. The predicted octanol–water partition coefficient (Wildman–Crippen LogP) is 25.6. The number of esters is 1. The molecule has 0 aromatic carbocycles. The Morgan fingerprint density at radius 3 is 0.955 bits per heavy atom. The monoisotopic (exact) mass is 1280 g/mol. The second-order valence-electron chi connectivity index (χ2n) is 28.6. The molecular formula is C79H156N2O7P+. The molecule has 0 radical (unpaired) electrons. The van der Waals surface area contributed by atoms with Gasteiger partial charge in [-0.1, -0.05) is 373 Å². The zero-order valence-corrected chi connectivity index (χ0v) is 61.6. The number of carbonyl (C=O) groups is 2.